The zero-order valence-corrected chi connectivity index (χ0v) is 9.97. The highest BCUT2D eigenvalue weighted by Crippen LogP contribution is 2.14. The number of halogens is 1. The van der Waals surface area contributed by atoms with Crippen LogP contribution in [0.4, 0.5) is 0 Å². The summed E-state index contributed by atoms with van der Waals surface area (Å²) in [6, 6.07) is 0. The van der Waals surface area contributed by atoms with Crippen LogP contribution in [0.25, 0.3) is 0 Å². The zero-order chi connectivity index (χ0) is 10.6. The molecule has 1 amide bonds. The molecule has 0 radical (unpaired) electrons. The van der Waals surface area contributed by atoms with Crippen LogP contribution in [0.1, 0.15) is 30.8 Å². The van der Waals surface area contributed by atoms with E-state index in [0.29, 0.717) is 12.2 Å². The molecule has 0 saturated carbocycles. The van der Waals surface area contributed by atoms with Gasteiger partial charge in [0.2, 0.25) is 0 Å². The Morgan fingerprint density at radius 2 is 2.36 bits per heavy atom. The van der Waals surface area contributed by atoms with Crippen molar-refractivity contribution in [3.63, 3.8) is 0 Å². The molecule has 1 heterocycles. The average Bonchev–Trinajstić information content (AvgIpc) is 2.56. The maximum absolute atomic E-state index is 11.5. The number of hydrogen-bond acceptors (Lipinski definition) is 2. The van der Waals surface area contributed by atoms with Crippen molar-refractivity contribution in [2.24, 2.45) is 0 Å². The number of hydrogen-bond donors (Lipinski definition) is 1. The van der Waals surface area contributed by atoms with E-state index in [9.17, 15) is 4.79 Å². The summed E-state index contributed by atoms with van der Waals surface area (Å²) in [5, 5.41) is 6.92. The SMILES string of the molecule is CCCNC(=O)c1nn(CC)cc1Br. The lowest BCUT2D eigenvalue weighted by Crippen LogP contribution is -2.24. The second kappa shape index (κ2) is 5.14. The standard InChI is InChI=1S/C9H14BrN3O/c1-3-5-11-9(14)8-7(10)6-13(4-2)12-8/h6H,3-5H2,1-2H3,(H,11,14). The van der Waals surface area contributed by atoms with E-state index in [2.05, 4.69) is 26.3 Å². The Balaban J connectivity index is 2.73. The molecule has 0 aliphatic rings. The van der Waals surface area contributed by atoms with Crippen LogP contribution in [-0.2, 0) is 6.54 Å². The normalized spacial score (nSPS) is 10.2. The second-order valence-electron chi connectivity index (χ2n) is 2.94. The van der Waals surface area contributed by atoms with Gasteiger partial charge in [0.1, 0.15) is 0 Å². The number of aryl methyl sites for hydroxylation is 1. The van der Waals surface area contributed by atoms with E-state index in [1.54, 1.807) is 10.9 Å². The van der Waals surface area contributed by atoms with Gasteiger partial charge in [-0.05, 0) is 29.3 Å². The molecule has 0 saturated heterocycles. The Labute approximate surface area is 91.8 Å². The molecule has 0 spiro atoms. The van der Waals surface area contributed by atoms with E-state index < -0.39 is 0 Å². The average molecular weight is 260 g/mol. The van der Waals surface area contributed by atoms with E-state index >= 15 is 0 Å². The smallest absolute Gasteiger partial charge is 0.272 e. The van der Waals surface area contributed by atoms with Gasteiger partial charge in [-0.15, -0.1) is 0 Å². The van der Waals surface area contributed by atoms with E-state index in [1.165, 1.54) is 0 Å². The fourth-order valence-corrected chi connectivity index (χ4v) is 1.53. The number of rotatable bonds is 4. The molecule has 0 unspecified atom stereocenters. The number of carbonyl (C=O) groups excluding carboxylic acids is 1. The van der Waals surface area contributed by atoms with Crippen molar-refractivity contribution in [2.75, 3.05) is 6.54 Å². The molecule has 14 heavy (non-hydrogen) atoms. The third-order valence-electron chi connectivity index (χ3n) is 1.79. The first-order valence-corrected chi connectivity index (χ1v) is 5.49. The van der Waals surface area contributed by atoms with Gasteiger partial charge in [0.05, 0.1) is 4.47 Å². The molecule has 4 nitrogen and oxygen atoms in total. The van der Waals surface area contributed by atoms with Crippen LogP contribution in [0.15, 0.2) is 10.7 Å². The fourth-order valence-electron chi connectivity index (χ4n) is 1.04. The van der Waals surface area contributed by atoms with Crippen LogP contribution in [0.5, 0.6) is 0 Å². The van der Waals surface area contributed by atoms with E-state index in [0.717, 1.165) is 17.4 Å². The molecule has 0 aliphatic heterocycles. The fraction of sp³-hybridized carbons (Fsp3) is 0.556. The predicted molar refractivity (Wildman–Crippen MR) is 58.2 cm³/mol. The van der Waals surface area contributed by atoms with Crippen molar-refractivity contribution in [1.29, 1.82) is 0 Å². The van der Waals surface area contributed by atoms with Crippen LogP contribution in [0.2, 0.25) is 0 Å². The maximum atomic E-state index is 11.5. The van der Waals surface area contributed by atoms with Gasteiger partial charge in [-0.2, -0.15) is 5.10 Å². The first-order chi connectivity index (χ1) is 6.69. The first kappa shape index (κ1) is 11.2. The number of aromatic nitrogens is 2. The number of nitrogens with one attached hydrogen (secondary N) is 1. The van der Waals surface area contributed by atoms with Gasteiger partial charge in [-0.25, -0.2) is 0 Å². The monoisotopic (exact) mass is 259 g/mol. The van der Waals surface area contributed by atoms with Crippen molar-refractivity contribution >= 4 is 21.8 Å². The lowest BCUT2D eigenvalue weighted by atomic mass is 10.4. The van der Waals surface area contributed by atoms with Gasteiger partial charge < -0.3 is 5.32 Å². The minimum Gasteiger partial charge on any atom is -0.351 e. The van der Waals surface area contributed by atoms with Gasteiger partial charge in [-0.1, -0.05) is 6.92 Å². The molecular formula is C9H14BrN3O. The van der Waals surface area contributed by atoms with Gasteiger partial charge in [-0.3, -0.25) is 9.48 Å². The zero-order valence-electron chi connectivity index (χ0n) is 8.38. The van der Waals surface area contributed by atoms with Crippen LogP contribution >= 0.6 is 15.9 Å². The van der Waals surface area contributed by atoms with E-state index in [4.69, 9.17) is 0 Å². The molecule has 0 aliphatic carbocycles. The predicted octanol–water partition coefficient (Wildman–Crippen LogP) is 1.81. The number of amides is 1. The highest BCUT2D eigenvalue weighted by molar-refractivity contribution is 9.10. The first-order valence-electron chi connectivity index (χ1n) is 4.70. The molecular weight excluding hydrogens is 246 g/mol. The number of nitrogens with zero attached hydrogens (tertiary/aromatic N) is 2. The molecule has 0 aromatic carbocycles. The molecule has 1 rings (SSSR count). The lowest BCUT2D eigenvalue weighted by Gasteiger charge is -1.99. The Bertz CT molecular complexity index is 322. The van der Waals surface area contributed by atoms with Crippen LogP contribution in [-0.4, -0.2) is 22.2 Å². The van der Waals surface area contributed by atoms with Gasteiger partial charge in [0.15, 0.2) is 5.69 Å². The Morgan fingerprint density at radius 1 is 1.64 bits per heavy atom. The van der Waals surface area contributed by atoms with Crippen LogP contribution < -0.4 is 5.32 Å². The van der Waals surface area contributed by atoms with Gasteiger partial charge in [0.25, 0.3) is 5.91 Å². The van der Waals surface area contributed by atoms with E-state index in [-0.39, 0.29) is 5.91 Å². The molecule has 78 valence electrons. The summed E-state index contributed by atoms with van der Waals surface area (Å²) in [6.07, 6.45) is 2.73. The molecule has 1 aromatic rings. The van der Waals surface area contributed by atoms with Crippen LogP contribution in [0, 0.1) is 0 Å². The summed E-state index contributed by atoms with van der Waals surface area (Å²) < 4.78 is 2.47. The lowest BCUT2D eigenvalue weighted by molar-refractivity contribution is 0.0947. The minimum absolute atomic E-state index is 0.120. The highest BCUT2D eigenvalue weighted by Gasteiger charge is 2.13. The number of carbonyl (C=O) groups is 1. The van der Waals surface area contributed by atoms with E-state index in [1.807, 2.05) is 13.8 Å². The van der Waals surface area contributed by atoms with Crippen molar-refractivity contribution in [1.82, 2.24) is 15.1 Å². The highest BCUT2D eigenvalue weighted by atomic mass is 79.9. The Kier molecular flexibility index (Phi) is 4.13. The molecule has 1 aromatic heterocycles. The van der Waals surface area contributed by atoms with Gasteiger partial charge in [0, 0.05) is 19.3 Å². The largest absolute Gasteiger partial charge is 0.351 e. The molecule has 1 N–H and O–H groups in total. The third kappa shape index (κ3) is 2.57. The minimum atomic E-state index is -0.120. The summed E-state index contributed by atoms with van der Waals surface area (Å²) in [6.45, 7) is 5.44. The molecule has 5 heteroatoms. The summed E-state index contributed by atoms with van der Waals surface area (Å²) in [7, 11) is 0. The quantitative estimate of drug-likeness (QED) is 0.897. The maximum Gasteiger partial charge on any atom is 0.272 e. The van der Waals surface area contributed by atoms with Crippen LogP contribution in [0.3, 0.4) is 0 Å². The topological polar surface area (TPSA) is 46.9 Å². The summed E-state index contributed by atoms with van der Waals surface area (Å²) in [4.78, 5) is 11.5. The van der Waals surface area contributed by atoms with Crippen molar-refractivity contribution in [3.05, 3.63) is 16.4 Å². The molecule has 0 atom stereocenters. The molecule has 0 fully saturated rings. The van der Waals surface area contributed by atoms with Crippen molar-refractivity contribution < 1.29 is 4.79 Å². The summed E-state index contributed by atoms with van der Waals surface area (Å²) in [5.74, 6) is -0.120. The molecule has 0 bridgehead atoms. The van der Waals surface area contributed by atoms with Crippen molar-refractivity contribution in [3.8, 4) is 0 Å². The van der Waals surface area contributed by atoms with Crippen molar-refractivity contribution in [2.45, 2.75) is 26.8 Å². The summed E-state index contributed by atoms with van der Waals surface area (Å²) in [5.41, 5.74) is 0.459. The second-order valence-corrected chi connectivity index (χ2v) is 3.79. The Morgan fingerprint density at radius 3 is 2.86 bits per heavy atom. The third-order valence-corrected chi connectivity index (χ3v) is 2.37. The van der Waals surface area contributed by atoms with Gasteiger partial charge >= 0.3 is 0 Å². The Hall–Kier alpha value is -0.840. The summed E-state index contributed by atoms with van der Waals surface area (Å²) >= 11 is 3.31.